The predicted molar refractivity (Wildman–Crippen MR) is 85.5 cm³/mol. The molecule has 2 atom stereocenters. The minimum absolute atomic E-state index is 0.0479. The van der Waals surface area contributed by atoms with Crippen LogP contribution in [0.5, 0.6) is 0 Å². The van der Waals surface area contributed by atoms with E-state index in [0.717, 1.165) is 18.3 Å². The van der Waals surface area contributed by atoms with Gasteiger partial charge >= 0.3 is 12.1 Å². The first kappa shape index (κ1) is 19.3. The second-order valence-corrected chi connectivity index (χ2v) is 8.79. The van der Waals surface area contributed by atoms with Gasteiger partial charge in [0.1, 0.15) is 11.4 Å². The molecule has 1 saturated heterocycles. The van der Waals surface area contributed by atoms with Gasteiger partial charge in [-0.05, 0) is 24.5 Å². The summed E-state index contributed by atoms with van der Waals surface area (Å²) in [5, 5.41) is 4.74. The first-order valence-corrected chi connectivity index (χ1v) is 9.81. The molecule has 0 saturated carbocycles. The van der Waals surface area contributed by atoms with Crippen LogP contribution < -0.4 is 0 Å². The van der Waals surface area contributed by atoms with E-state index in [0.29, 0.717) is 6.07 Å². The molecule has 0 radical (unpaired) electrons. The number of hydrogen-bond donors (Lipinski definition) is 0. The van der Waals surface area contributed by atoms with E-state index in [2.05, 4.69) is 5.10 Å². The summed E-state index contributed by atoms with van der Waals surface area (Å²) in [5.74, 6) is -4.98. The quantitative estimate of drug-likeness (QED) is 0.534. The number of halogens is 4. The summed E-state index contributed by atoms with van der Waals surface area (Å²) >= 11 is 0. The molecular weight excluding hydrogens is 408 g/mol. The normalized spacial score (nSPS) is 30.8. The molecular formula is C16H14F4N2O5S. The summed E-state index contributed by atoms with van der Waals surface area (Å²) in [4.78, 5) is 11.4. The molecule has 0 aromatic heterocycles. The zero-order valence-corrected chi connectivity index (χ0v) is 15.4. The molecule has 4 rings (SSSR count). The van der Waals surface area contributed by atoms with Crippen LogP contribution in [0, 0.1) is 5.82 Å². The highest BCUT2D eigenvalue weighted by molar-refractivity contribution is 7.91. The SMILES string of the molecule is COC12OC1(c1cc(F)c(C(F)(F)F)c3c1CCCS3(=O)=O)C=NN(C)C2=O. The minimum atomic E-state index is -5.21. The van der Waals surface area contributed by atoms with Crippen molar-refractivity contribution < 1.29 is 40.2 Å². The summed E-state index contributed by atoms with van der Waals surface area (Å²) in [6.45, 7) is 0. The van der Waals surface area contributed by atoms with Gasteiger partial charge in [-0.1, -0.05) is 0 Å². The molecule has 0 bridgehead atoms. The number of alkyl halides is 3. The Morgan fingerprint density at radius 3 is 2.64 bits per heavy atom. The lowest BCUT2D eigenvalue weighted by molar-refractivity contribution is -0.153. The second-order valence-electron chi connectivity index (χ2n) is 6.74. The Morgan fingerprint density at radius 1 is 1.36 bits per heavy atom. The van der Waals surface area contributed by atoms with Gasteiger partial charge in [-0.2, -0.15) is 18.3 Å². The Hall–Kier alpha value is -2.05. The molecule has 1 amide bonds. The third-order valence-corrected chi connectivity index (χ3v) is 7.10. The van der Waals surface area contributed by atoms with Crippen LogP contribution in [0.25, 0.3) is 0 Å². The highest BCUT2D eigenvalue weighted by Crippen LogP contribution is 2.60. The van der Waals surface area contributed by atoms with E-state index in [9.17, 15) is 30.8 Å². The molecule has 1 aromatic carbocycles. The fourth-order valence-electron chi connectivity index (χ4n) is 3.93. The molecule has 28 heavy (non-hydrogen) atoms. The lowest BCUT2D eigenvalue weighted by atomic mass is 9.85. The van der Waals surface area contributed by atoms with Crippen LogP contribution in [-0.2, 0) is 42.3 Å². The van der Waals surface area contributed by atoms with Gasteiger partial charge in [0.05, 0.1) is 16.9 Å². The largest absolute Gasteiger partial charge is 0.420 e. The molecule has 1 fully saturated rings. The van der Waals surface area contributed by atoms with Gasteiger partial charge in [0.2, 0.25) is 0 Å². The van der Waals surface area contributed by atoms with Crippen molar-refractivity contribution in [1.82, 2.24) is 5.01 Å². The number of hydrogen-bond acceptors (Lipinski definition) is 6. The van der Waals surface area contributed by atoms with Crippen molar-refractivity contribution in [2.75, 3.05) is 19.9 Å². The number of ether oxygens (including phenoxy) is 2. The summed E-state index contributed by atoms with van der Waals surface area (Å²) in [6, 6.07) is 0.563. The maximum Gasteiger partial charge on any atom is 0.420 e. The van der Waals surface area contributed by atoms with Crippen LogP contribution in [0.1, 0.15) is 23.1 Å². The Balaban J connectivity index is 2.06. The van der Waals surface area contributed by atoms with Crippen molar-refractivity contribution in [1.29, 1.82) is 0 Å². The highest BCUT2D eigenvalue weighted by atomic mass is 32.2. The molecule has 0 spiro atoms. The molecule has 1 aromatic rings. The predicted octanol–water partition coefficient (Wildman–Crippen LogP) is 1.59. The summed E-state index contributed by atoms with van der Waals surface area (Å²) in [6.07, 6.45) is -4.11. The molecule has 7 nitrogen and oxygen atoms in total. The van der Waals surface area contributed by atoms with Crippen molar-refractivity contribution >= 4 is 22.0 Å². The molecule has 3 heterocycles. The van der Waals surface area contributed by atoms with E-state index in [-0.39, 0.29) is 24.0 Å². The third kappa shape index (κ3) is 2.25. The molecule has 3 aliphatic heterocycles. The number of hydrazone groups is 1. The van der Waals surface area contributed by atoms with Crippen LogP contribution in [-0.4, -0.2) is 51.2 Å². The molecule has 0 aliphatic carbocycles. The fraction of sp³-hybridized carbons (Fsp3) is 0.500. The van der Waals surface area contributed by atoms with Crippen LogP contribution in [0.4, 0.5) is 17.6 Å². The number of sulfone groups is 1. The lowest BCUT2D eigenvalue weighted by Crippen LogP contribution is -2.47. The summed E-state index contributed by atoms with van der Waals surface area (Å²) < 4.78 is 90.6. The number of nitrogens with zero attached hydrogens (tertiary/aromatic N) is 2. The van der Waals surface area contributed by atoms with Crippen molar-refractivity contribution in [3.63, 3.8) is 0 Å². The number of likely N-dealkylation sites (N-methyl/N-ethyl adjacent to an activating group) is 1. The monoisotopic (exact) mass is 422 g/mol. The topological polar surface area (TPSA) is 88.6 Å². The third-order valence-electron chi connectivity index (χ3n) is 5.20. The Labute approximate surface area is 156 Å². The first-order valence-electron chi connectivity index (χ1n) is 8.16. The number of methoxy groups -OCH3 is 1. The van der Waals surface area contributed by atoms with E-state index >= 15 is 0 Å². The first-order chi connectivity index (χ1) is 12.9. The molecule has 152 valence electrons. The van der Waals surface area contributed by atoms with Gasteiger partial charge < -0.3 is 9.47 Å². The summed E-state index contributed by atoms with van der Waals surface area (Å²) in [5.41, 5.74) is -4.07. The number of carbonyl (C=O) groups is 1. The minimum Gasteiger partial charge on any atom is -0.343 e. The van der Waals surface area contributed by atoms with Crippen molar-refractivity contribution in [2.45, 2.75) is 35.3 Å². The lowest BCUT2D eigenvalue weighted by Gasteiger charge is -2.28. The Morgan fingerprint density at radius 2 is 2.04 bits per heavy atom. The zero-order valence-electron chi connectivity index (χ0n) is 14.6. The Bertz CT molecular complexity index is 1040. The van der Waals surface area contributed by atoms with Crippen LogP contribution in [0.15, 0.2) is 16.1 Å². The Kier molecular flexibility index (Phi) is 3.80. The number of fused-ring (bicyclic) bond motifs is 2. The van der Waals surface area contributed by atoms with Gasteiger partial charge in [-0.15, -0.1) is 0 Å². The van der Waals surface area contributed by atoms with Gasteiger partial charge in [0.15, 0.2) is 15.4 Å². The molecule has 0 N–H and O–H groups in total. The fourth-order valence-corrected chi connectivity index (χ4v) is 5.77. The van der Waals surface area contributed by atoms with Gasteiger partial charge in [0.25, 0.3) is 5.79 Å². The van der Waals surface area contributed by atoms with Gasteiger partial charge in [-0.3, -0.25) is 4.79 Å². The van der Waals surface area contributed by atoms with Crippen LogP contribution >= 0.6 is 0 Å². The van der Waals surface area contributed by atoms with Crippen LogP contribution in [0.3, 0.4) is 0 Å². The van der Waals surface area contributed by atoms with Crippen molar-refractivity contribution in [2.24, 2.45) is 5.10 Å². The van der Waals surface area contributed by atoms with Crippen LogP contribution in [0.2, 0.25) is 0 Å². The van der Waals surface area contributed by atoms with E-state index < -0.39 is 55.3 Å². The number of amides is 1. The van der Waals surface area contributed by atoms with Gasteiger partial charge in [0, 0.05) is 19.7 Å². The average Bonchev–Trinajstić information content (AvgIpc) is 3.29. The molecule has 12 heteroatoms. The van der Waals surface area contributed by atoms with Gasteiger partial charge in [-0.25, -0.2) is 17.8 Å². The standard InChI is InChI=1S/C16H14F4N2O5S/c1-22-13(23)15(26-2)14(27-15,7-21-22)9-6-10(17)11(16(18,19)20)12-8(9)4-3-5-28(12,24)25/h6-7H,3-5H2,1-2H3. The highest BCUT2D eigenvalue weighted by Gasteiger charge is 2.80. The zero-order chi connectivity index (χ0) is 20.7. The maximum absolute atomic E-state index is 14.6. The molecule has 3 aliphatic rings. The number of carbonyl (C=O) groups excluding carboxylic acids is 1. The number of rotatable bonds is 2. The number of epoxide rings is 1. The summed E-state index contributed by atoms with van der Waals surface area (Å²) in [7, 11) is -1.93. The van der Waals surface area contributed by atoms with Crippen molar-refractivity contribution in [3.8, 4) is 0 Å². The van der Waals surface area contributed by atoms with E-state index in [4.69, 9.17) is 9.47 Å². The molecule has 2 unspecified atom stereocenters. The van der Waals surface area contributed by atoms with E-state index in [1.54, 1.807) is 0 Å². The van der Waals surface area contributed by atoms with E-state index in [1.807, 2.05) is 0 Å². The van der Waals surface area contributed by atoms with Crippen molar-refractivity contribution in [3.05, 3.63) is 28.6 Å². The second kappa shape index (κ2) is 5.51. The smallest absolute Gasteiger partial charge is 0.343 e. The average molecular weight is 422 g/mol. The van der Waals surface area contributed by atoms with E-state index in [1.165, 1.54) is 7.05 Å². The number of benzene rings is 1. The maximum atomic E-state index is 14.6.